The van der Waals surface area contributed by atoms with Crippen molar-refractivity contribution in [1.29, 1.82) is 0 Å². The molecule has 2 aromatic carbocycles. The number of fused-ring (bicyclic) bond motifs is 1. The van der Waals surface area contributed by atoms with Crippen molar-refractivity contribution in [3.63, 3.8) is 0 Å². The summed E-state index contributed by atoms with van der Waals surface area (Å²) < 4.78 is 12.2. The standard InChI is InChI=1S/C18H10BrNO3/c19-14-4-2-1-3-13(14)18-20-15-9-11(5-7-17(15)23-18)16-8-6-12(10-21)22-16/h1-10H. The van der Waals surface area contributed by atoms with E-state index in [2.05, 4.69) is 20.9 Å². The van der Waals surface area contributed by atoms with Crippen LogP contribution in [0.2, 0.25) is 0 Å². The molecule has 112 valence electrons. The minimum atomic E-state index is 0.300. The van der Waals surface area contributed by atoms with Crippen LogP contribution in [0.1, 0.15) is 10.6 Å². The maximum Gasteiger partial charge on any atom is 0.228 e. The van der Waals surface area contributed by atoms with E-state index in [4.69, 9.17) is 8.83 Å². The number of halogens is 1. The average Bonchev–Trinajstić information content (AvgIpc) is 3.21. The number of hydrogen-bond donors (Lipinski definition) is 0. The molecule has 0 atom stereocenters. The Kier molecular flexibility index (Phi) is 3.35. The van der Waals surface area contributed by atoms with Gasteiger partial charge < -0.3 is 8.83 Å². The van der Waals surface area contributed by atoms with E-state index in [1.807, 2.05) is 42.5 Å². The van der Waals surface area contributed by atoms with Gasteiger partial charge in [-0.25, -0.2) is 4.98 Å². The number of carbonyl (C=O) groups is 1. The summed E-state index contributed by atoms with van der Waals surface area (Å²) in [4.78, 5) is 15.3. The number of benzene rings is 2. The van der Waals surface area contributed by atoms with Gasteiger partial charge in [-0.2, -0.15) is 0 Å². The second-order valence-corrected chi connectivity index (χ2v) is 5.86. The lowest BCUT2D eigenvalue weighted by atomic mass is 10.1. The molecule has 0 aliphatic rings. The van der Waals surface area contributed by atoms with Gasteiger partial charge in [0, 0.05) is 10.0 Å². The van der Waals surface area contributed by atoms with Gasteiger partial charge in [0.1, 0.15) is 11.3 Å². The Hall–Kier alpha value is -2.66. The third-order valence-electron chi connectivity index (χ3n) is 3.52. The maximum atomic E-state index is 10.7. The van der Waals surface area contributed by atoms with Gasteiger partial charge in [-0.1, -0.05) is 12.1 Å². The molecule has 0 fully saturated rings. The van der Waals surface area contributed by atoms with Crippen molar-refractivity contribution < 1.29 is 13.6 Å². The molecule has 0 amide bonds. The molecule has 2 heterocycles. The Balaban J connectivity index is 1.81. The lowest BCUT2D eigenvalue weighted by molar-refractivity contribution is 0.110. The lowest BCUT2D eigenvalue weighted by Crippen LogP contribution is -1.78. The number of aldehydes is 1. The number of oxazole rings is 1. The molecule has 4 rings (SSSR count). The Morgan fingerprint density at radius 3 is 2.65 bits per heavy atom. The van der Waals surface area contributed by atoms with Gasteiger partial charge in [-0.05, 0) is 58.4 Å². The van der Waals surface area contributed by atoms with Crippen molar-refractivity contribution in [3.05, 3.63) is 64.8 Å². The fraction of sp³-hybridized carbons (Fsp3) is 0. The van der Waals surface area contributed by atoms with Crippen LogP contribution in [0.4, 0.5) is 0 Å². The maximum absolute atomic E-state index is 10.7. The molecule has 0 saturated heterocycles. The molecule has 4 aromatic rings. The van der Waals surface area contributed by atoms with E-state index in [1.54, 1.807) is 12.1 Å². The van der Waals surface area contributed by atoms with E-state index in [1.165, 1.54) is 0 Å². The third kappa shape index (κ3) is 2.49. The van der Waals surface area contributed by atoms with E-state index < -0.39 is 0 Å². The topological polar surface area (TPSA) is 56.2 Å². The normalized spacial score (nSPS) is 11.0. The van der Waals surface area contributed by atoms with Gasteiger partial charge >= 0.3 is 0 Å². The molecule has 0 aliphatic carbocycles. The highest BCUT2D eigenvalue weighted by Crippen LogP contribution is 2.32. The third-order valence-corrected chi connectivity index (χ3v) is 4.21. The van der Waals surface area contributed by atoms with Crippen molar-refractivity contribution in [3.8, 4) is 22.8 Å². The fourth-order valence-electron chi connectivity index (χ4n) is 2.40. The first-order valence-corrected chi connectivity index (χ1v) is 7.75. The monoisotopic (exact) mass is 367 g/mol. The Labute approximate surface area is 139 Å². The minimum absolute atomic E-state index is 0.300. The quantitative estimate of drug-likeness (QED) is 0.459. The van der Waals surface area contributed by atoms with Crippen LogP contribution in [0, 0.1) is 0 Å². The van der Waals surface area contributed by atoms with E-state index in [0.717, 1.165) is 21.1 Å². The van der Waals surface area contributed by atoms with Crippen LogP contribution in [0.3, 0.4) is 0 Å². The molecular formula is C18H10BrNO3. The first-order valence-electron chi connectivity index (χ1n) is 6.95. The molecule has 0 N–H and O–H groups in total. The van der Waals surface area contributed by atoms with E-state index in [9.17, 15) is 4.79 Å². The Morgan fingerprint density at radius 2 is 1.87 bits per heavy atom. The van der Waals surface area contributed by atoms with Crippen LogP contribution in [-0.2, 0) is 0 Å². The predicted octanol–water partition coefficient (Wildman–Crippen LogP) is 5.33. The summed E-state index contributed by atoms with van der Waals surface area (Å²) >= 11 is 3.50. The highest BCUT2D eigenvalue weighted by Gasteiger charge is 2.12. The molecule has 23 heavy (non-hydrogen) atoms. The van der Waals surface area contributed by atoms with Crippen LogP contribution in [0.5, 0.6) is 0 Å². The van der Waals surface area contributed by atoms with Crippen molar-refractivity contribution in [2.45, 2.75) is 0 Å². The molecule has 0 saturated carbocycles. The molecule has 0 radical (unpaired) electrons. The average molecular weight is 368 g/mol. The van der Waals surface area contributed by atoms with E-state index in [0.29, 0.717) is 29.3 Å². The second-order valence-electron chi connectivity index (χ2n) is 5.00. The van der Waals surface area contributed by atoms with Crippen LogP contribution < -0.4 is 0 Å². The molecule has 4 nitrogen and oxygen atoms in total. The summed E-state index contributed by atoms with van der Waals surface area (Å²) in [6, 6.07) is 16.8. The van der Waals surface area contributed by atoms with Gasteiger partial charge in [-0.3, -0.25) is 4.79 Å². The van der Waals surface area contributed by atoms with Crippen molar-refractivity contribution in [2.75, 3.05) is 0 Å². The van der Waals surface area contributed by atoms with Crippen molar-refractivity contribution in [1.82, 2.24) is 4.98 Å². The first kappa shape index (κ1) is 14.0. The zero-order chi connectivity index (χ0) is 15.8. The SMILES string of the molecule is O=Cc1ccc(-c2ccc3oc(-c4ccccc4Br)nc3c2)o1. The molecule has 2 aromatic heterocycles. The smallest absolute Gasteiger partial charge is 0.228 e. The zero-order valence-corrected chi connectivity index (χ0v) is 13.4. The number of aromatic nitrogens is 1. The highest BCUT2D eigenvalue weighted by molar-refractivity contribution is 9.10. The largest absolute Gasteiger partial charge is 0.453 e. The van der Waals surface area contributed by atoms with Crippen LogP contribution in [0.25, 0.3) is 33.9 Å². The summed E-state index contributed by atoms with van der Waals surface area (Å²) in [5.41, 5.74) is 3.17. The molecule has 5 heteroatoms. The van der Waals surface area contributed by atoms with Gasteiger partial charge in [0.2, 0.25) is 5.89 Å². The molecule has 0 unspecified atom stereocenters. The molecule has 0 aliphatic heterocycles. The fourth-order valence-corrected chi connectivity index (χ4v) is 2.86. The van der Waals surface area contributed by atoms with Gasteiger partial charge in [-0.15, -0.1) is 0 Å². The summed E-state index contributed by atoms with van der Waals surface area (Å²) in [6.45, 7) is 0. The summed E-state index contributed by atoms with van der Waals surface area (Å²) in [5, 5.41) is 0. The van der Waals surface area contributed by atoms with Crippen molar-refractivity contribution in [2.24, 2.45) is 0 Å². The minimum Gasteiger partial charge on any atom is -0.453 e. The lowest BCUT2D eigenvalue weighted by Gasteiger charge is -1.97. The zero-order valence-electron chi connectivity index (χ0n) is 11.8. The number of furan rings is 1. The second kappa shape index (κ2) is 5.52. The molecule has 0 spiro atoms. The summed E-state index contributed by atoms with van der Waals surface area (Å²) in [7, 11) is 0. The summed E-state index contributed by atoms with van der Waals surface area (Å²) in [5.74, 6) is 1.48. The first-order chi connectivity index (χ1) is 11.2. The van der Waals surface area contributed by atoms with Crippen LogP contribution >= 0.6 is 15.9 Å². The van der Waals surface area contributed by atoms with E-state index in [-0.39, 0.29) is 0 Å². The highest BCUT2D eigenvalue weighted by atomic mass is 79.9. The van der Waals surface area contributed by atoms with Gasteiger partial charge in [0.15, 0.2) is 17.6 Å². The van der Waals surface area contributed by atoms with Crippen molar-refractivity contribution >= 4 is 33.3 Å². The number of hydrogen-bond acceptors (Lipinski definition) is 4. The van der Waals surface area contributed by atoms with Gasteiger partial charge in [0.05, 0.1) is 5.56 Å². The van der Waals surface area contributed by atoms with Crippen LogP contribution in [-0.4, -0.2) is 11.3 Å². The Morgan fingerprint density at radius 1 is 1.00 bits per heavy atom. The molecule has 0 bridgehead atoms. The summed E-state index contributed by atoms with van der Waals surface area (Å²) in [6.07, 6.45) is 0.684. The number of rotatable bonds is 3. The number of carbonyl (C=O) groups excluding carboxylic acids is 1. The van der Waals surface area contributed by atoms with E-state index >= 15 is 0 Å². The van der Waals surface area contributed by atoms with Gasteiger partial charge in [0.25, 0.3) is 0 Å². The Bertz CT molecular complexity index is 1020. The van der Waals surface area contributed by atoms with Crippen LogP contribution in [0.15, 0.2) is 67.9 Å². The predicted molar refractivity (Wildman–Crippen MR) is 90.2 cm³/mol. The number of nitrogens with zero attached hydrogens (tertiary/aromatic N) is 1. The molecular weight excluding hydrogens is 358 g/mol.